The van der Waals surface area contributed by atoms with Crippen molar-refractivity contribution >= 4 is 28.7 Å². The summed E-state index contributed by atoms with van der Waals surface area (Å²) >= 11 is 7.18. The lowest BCUT2D eigenvalue weighted by Crippen LogP contribution is -2.29. The van der Waals surface area contributed by atoms with E-state index in [4.69, 9.17) is 25.8 Å². The normalized spacial score (nSPS) is 19.3. The molecule has 0 amide bonds. The molecule has 0 fully saturated rings. The zero-order chi connectivity index (χ0) is 35.1. The summed E-state index contributed by atoms with van der Waals surface area (Å²) in [7, 11) is 2.17. The van der Waals surface area contributed by atoms with Gasteiger partial charge in [0.2, 0.25) is 5.69 Å². The third-order valence-electron chi connectivity index (χ3n) is 10.4. The minimum absolute atomic E-state index is 0.0614. The Bertz CT molecular complexity index is 1810. The molecule has 5 nitrogen and oxygen atoms in total. The van der Waals surface area contributed by atoms with E-state index < -0.39 is 0 Å². The highest BCUT2D eigenvalue weighted by molar-refractivity contribution is 6.30. The Kier molecular flexibility index (Phi) is 11.6. The summed E-state index contributed by atoms with van der Waals surface area (Å²) < 4.78 is 19.8. The van der Waals surface area contributed by atoms with Crippen molar-refractivity contribution in [1.82, 2.24) is 0 Å². The highest BCUT2D eigenvalue weighted by Gasteiger charge is 2.43. The van der Waals surface area contributed by atoms with E-state index in [-0.39, 0.29) is 16.7 Å². The molecule has 0 saturated carbocycles. The standard InChI is InChI=1S/C44H52ClN2O3/c1-43(2)36-18-9-11-20-38(36)46(5)40(43)24-22-34-16-13-17-35(42(34)45)23-25-41-44(3,4)37-19-10-12-21-39(37)47(41)26-27-48-28-29-49-30-31-50-32-33-14-7-6-8-15-33/h6-12,14-15,18-24,35H,13,16-17,26-32H2,1-5H3/q+1/b24-22+. The van der Waals surface area contributed by atoms with Crippen molar-refractivity contribution < 1.29 is 18.8 Å². The van der Waals surface area contributed by atoms with Gasteiger partial charge in [0.15, 0.2) is 5.71 Å². The van der Waals surface area contributed by atoms with Crippen LogP contribution in [0.4, 0.5) is 11.4 Å². The fourth-order valence-electron chi connectivity index (χ4n) is 7.65. The molecule has 50 heavy (non-hydrogen) atoms. The lowest BCUT2D eigenvalue weighted by atomic mass is 9.81. The van der Waals surface area contributed by atoms with Crippen molar-refractivity contribution in [3.63, 3.8) is 0 Å². The van der Waals surface area contributed by atoms with E-state index in [2.05, 4.69) is 129 Å². The van der Waals surface area contributed by atoms with E-state index in [1.165, 1.54) is 39.3 Å². The molecule has 0 saturated heterocycles. The molecule has 3 aromatic carbocycles. The van der Waals surface area contributed by atoms with E-state index >= 15 is 0 Å². The summed E-state index contributed by atoms with van der Waals surface area (Å²) in [5, 5.41) is 0.936. The predicted molar refractivity (Wildman–Crippen MR) is 206 cm³/mol. The van der Waals surface area contributed by atoms with E-state index in [1.807, 2.05) is 18.2 Å². The molecule has 1 aliphatic carbocycles. The van der Waals surface area contributed by atoms with E-state index in [0.717, 1.165) is 36.5 Å². The Balaban J connectivity index is 1.09. The van der Waals surface area contributed by atoms with Gasteiger partial charge in [0.1, 0.15) is 7.05 Å². The molecule has 3 aromatic rings. The molecule has 0 N–H and O–H groups in total. The van der Waals surface area contributed by atoms with Crippen LogP contribution >= 0.6 is 11.6 Å². The van der Waals surface area contributed by atoms with E-state index in [9.17, 15) is 0 Å². The number of rotatable bonds is 14. The van der Waals surface area contributed by atoms with Crippen molar-refractivity contribution in [1.29, 1.82) is 0 Å². The maximum Gasteiger partial charge on any atom is 0.209 e. The Morgan fingerprint density at radius 3 is 2.22 bits per heavy atom. The van der Waals surface area contributed by atoms with Crippen LogP contribution in [0, 0.1) is 5.92 Å². The monoisotopic (exact) mass is 691 g/mol. The second-order valence-electron chi connectivity index (χ2n) is 14.5. The van der Waals surface area contributed by atoms with Crippen LogP contribution in [-0.2, 0) is 31.6 Å². The zero-order valence-corrected chi connectivity index (χ0v) is 31.1. The minimum Gasteiger partial charge on any atom is -0.377 e. The Labute approximate surface area is 304 Å². The summed E-state index contributed by atoms with van der Waals surface area (Å²) in [5.41, 5.74) is 13.5. The molecule has 0 radical (unpaired) electrons. The predicted octanol–water partition coefficient (Wildman–Crippen LogP) is 9.63. The highest BCUT2D eigenvalue weighted by atomic mass is 35.5. The second kappa shape index (κ2) is 16.1. The summed E-state index contributed by atoms with van der Waals surface area (Å²) in [4.78, 5) is 2.37. The van der Waals surface area contributed by atoms with Crippen molar-refractivity contribution in [3.8, 4) is 0 Å². The fourth-order valence-corrected chi connectivity index (χ4v) is 7.98. The third kappa shape index (κ3) is 7.78. The lowest BCUT2D eigenvalue weighted by molar-refractivity contribution is -0.401. The number of halogens is 1. The Hall–Kier alpha value is -3.70. The molecule has 3 aliphatic rings. The first-order valence-electron chi connectivity index (χ1n) is 18.1. The first-order chi connectivity index (χ1) is 24.2. The summed E-state index contributed by atoms with van der Waals surface area (Å²) in [6, 6.07) is 27.6. The van der Waals surface area contributed by atoms with Gasteiger partial charge in [0.25, 0.3) is 0 Å². The first kappa shape index (κ1) is 36.1. The molecule has 1 atom stereocenters. The lowest BCUT2D eigenvalue weighted by Gasteiger charge is -2.26. The van der Waals surface area contributed by atoms with Crippen LogP contribution in [0.15, 0.2) is 119 Å². The van der Waals surface area contributed by atoms with Gasteiger partial charge in [-0.1, -0.05) is 84.4 Å². The average molecular weight is 692 g/mol. The quantitative estimate of drug-likeness (QED) is 0.0958. The van der Waals surface area contributed by atoms with Crippen LogP contribution in [0.2, 0.25) is 0 Å². The second-order valence-corrected chi connectivity index (χ2v) is 14.9. The summed E-state index contributed by atoms with van der Waals surface area (Å²) in [5.74, 6) is 0.139. The molecule has 262 valence electrons. The van der Waals surface area contributed by atoms with E-state index in [1.54, 1.807) is 0 Å². The van der Waals surface area contributed by atoms with Crippen molar-refractivity contribution in [2.24, 2.45) is 5.92 Å². The van der Waals surface area contributed by atoms with Gasteiger partial charge in [-0.25, -0.2) is 0 Å². The first-order valence-corrected chi connectivity index (χ1v) is 18.5. The number of allylic oxidation sites excluding steroid dienone is 5. The van der Waals surface area contributed by atoms with Crippen LogP contribution in [0.1, 0.15) is 63.6 Å². The van der Waals surface area contributed by atoms with Crippen LogP contribution in [0.3, 0.4) is 0 Å². The smallest absolute Gasteiger partial charge is 0.209 e. The van der Waals surface area contributed by atoms with Gasteiger partial charge in [0, 0.05) is 46.3 Å². The molecular weight excluding hydrogens is 640 g/mol. The van der Waals surface area contributed by atoms with E-state index in [0.29, 0.717) is 39.6 Å². The van der Waals surface area contributed by atoms with Crippen LogP contribution in [0.5, 0.6) is 0 Å². The minimum atomic E-state index is -0.187. The molecule has 2 aliphatic heterocycles. The van der Waals surface area contributed by atoms with Crippen molar-refractivity contribution in [3.05, 3.63) is 136 Å². The molecule has 0 spiro atoms. The number of hydrogen-bond donors (Lipinski definition) is 0. The summed E-state index contributed by atoms with van der Waals surface area (Å²) in [6.45, 7) is 13.3. The number of hydrogen-bond acceptors (Lipinski definition) is 4. The highest BCUT2D eigenvalue weighted by Crippen LogP contribution is 2.47. The fraction of sp³-hybridized carbons (Fsp3) is 0.409. The number of fused-ring (bicyclic) bond motifs is 2. The van der Waals surface area contributed by atoms with Gasteiger partial charge in [0.05, 0.1) is 50.8 Å². The van der Waals surface area contributed by atoms with Gasteiger partial charge in [-0.15, -0.1) is 5.73 Å². The third-order valence-corrected chi connectivity index (χ3v) is 11.0. The molecule has 0 bridgehead atoms. The molecule has 2 heterocycles. The van der Waals surface area contributed by atoms with Crippen LogP contribution < -0.4 is 4.90 Å². The Morgan fingerprint density at radius 2 is 1.46 bits per heavy atom. The number of para-hydroxylation sites is 2. The number of anilines is 1. The Morgan fingerprint density at radius 1 is 0.800 bits per heavy atom. The van der Waals surface area contributed by atoms with Gasteiger partial charge in [-0.05, 0) is 75.8 Å². The van der Waals surface area contributed by atoms with Gasteiger partial charge in [-0.3, -0.25) is 0 Å². The van der Waals surface area contributed by atoms with Crippen molar-refractivity contribution in [2.45, 2.75) is 64.4 Å². The number of benzene rings is 3. The number of ether oxygens (including phenoxy) is 3. The maximum absolute atomic E-state index is 7.18. The largest absolute Gasteiger partial charge is 0.377 e. The molecule has 1 unspecified atom stereocenters. The SMILES string of the molecule is C[N+]1=C(/C=C/C2=C(Cl)C(C=C=C3N(CCOCCOCCOCc4ccccc4)c4ccccc4C3(C)C)CCC2)C(C)(C)c2ccccc21. The van der Waals surface area contributed by atoms with Gasteiger partial charge in [-0.2, -0.15) is 4.58 Å². The van der Waals surface area contributed by atoms with Crippen LogP contribution in [0.25, 0.3) is 0 Å². The zero-order valence-electron chi connectivity index (χ0n) is 30.4. The summed E-state index contributed by atoms with van der Waals surface area (Å²) in [6.07, 6.45) is 9.88. The molecule has 6 heteroatoms. The number of nitrogens with zero attached hydrogens (tertiary/aromatic N) is 2. The molecule has 6 rings (SSSR count). The van der Waals surface area contributed by atoms with Crippen LogP contribution in [-0.4, -0.2) is 56.9 Å². The van der Waals surface area contributed by atoms with Gasteiger partial charge >= 0.3 is 0 Å². The average Bonchev–Trinajstić information content (AvgIpc) is 3.46. The maximum atomic E-state index is 7.18. The topological polar surface area (TPSA) is 33.9 Å². The molecular formula is C44H52ClN2O3+. The van der Waals surface area contributed by atoms with Gasteiger partial charge < -0.3 is 19.1 Å². The molecule has 0 aromatic heterocycles. The van der Waals surface area contributed by atoms with Crippen molar-refractivity contribution in [2.75, 3.05) is 51.5 Å².